The van der Waals surface area contributed by atoms with Crippen LogP contribution < -0.4 is 20.7 Å². The van der Waals surface area contributed by atoms with Crippen LogP contribution in [0, 0.1) is 0 Å². The van der Waals surface area contributed by atoms with Gasteiger partial charge in [0.15, 0.2) is 17.5 Å². The number of ether oxygens (including phenoxy) is 1. The number of aromatic hydroxyl groups is 1. The van der Waals surface area contributed by atoms with Crippen LogP contribution >= 0.6 is 0 Å². The average molecular weight is 377 g/mol. The van der Waals surface area contributed by atoms with Gasteiger partial charge in [-0.05, 0) is 37.5 Å². The van der Waals surface area contributed by atoms with Gasteiger partial charge in [-0.3, -0.25) is 9.69 Å². The Bertz CT molecular complexity index is 642. The number of carbonyl (C=O) groups is 1. The molecule has 0 saturated carbocycles. The summed E-state index contributed by atoms with van der Waals surface area (Å²) in [5.74, 6) is 1.39. The lowest BCUT2D eigenvalue weighted by Crippen LogP contribution is -2.50. The number of nitrogens with one attached hydrogen (secondary N) is 3. The Morgan fingerprint density at radius 1 is 1.37 bits per heavy atom. The second kappa shape index (κ2) is 10.6. The number of hydrogen-bond donors (Lipinski definition) is 4. The van der Waals surface area contributed by atoms with Gasteiger partial charge in [0.25, 0.3) is 0 Å². The number of carbonyl (C=O) groups excluding carboxylic acids is 1. The maximum Gasteiger partial charge on any atom is 0.233 e. The first-order valence-electron chi connectivity index (χ1n) is 9.39. The second-order valence-corrected chi connectivity index (χ2v) is 6.57. The number of aliphatic imine (C=N–C) groups is 1. The minimum atomic E-state index is 0.0547. The van der Waals surface area contributed by atoms with Crippen molar-refractivity contribution in [3.63, 3.8) is 0 Å². The van der Waals surface area contributed by atoms with Crippen molar-refractivity contribution in [3.05, 3.63) is 23.8 Å². The number of methoxy groups -OCH3 is 1. The molecule has 8 nitrogen and oxygen atoms in total. The number of amides is 1. The highest BCUT2D eigenvalue weighted by molar-refractivity contribution is 5.80. The highest BCUT2D eigenvalue weighted by Crippen LogP contribution is 2.26. The lowest BCUT2D eigenvalue weighted by atomic mass is 10.1. The zero-order valence-corrected chi connectivity index (χ0v) is 16.4. The molecule has 1 aromatic rings. The summed E-state index contributed by atoms with van der Waals surface area (Å²) in [6.45, 7) is 5.49. The molecule has 1 aliphatic rings. The Morgan fingerprint density at radius 2 is 2.11 bits per heavy atom. The van der Waals surface area contributed by atoms with Gasteiger partial charge in [0, 0.05) is 32.7 Å². The average Bonchev–Trinajstić information content (AvgIpc) is 2.67. The SMILES string of the molecule is CCNC(=NCc1ccc(OC)c(O)c1)NC1CCN(CC(=O)NC)CC1. The Morgan fingerprint density at radius 3 is 2.70 bits per heavy atom. The summed E-state index contributed by atoms with van der Waals surface area (Å²) in [5, 5.41) is 19.3. The van der Waals surface area contributed by atoms with Crippen LogP contribution in [0.25, 0.3) is 0 Å². The zero-order valence-electron chi connectivity index (χ0n) is 16.4. The van der Waals surface area contributed by atoms with Gasteiger partial charge in [-0.1, -0.05) is 6.07 Å². The van der Waals surface area contributed by atoms with E-state index < -0.39 is 0 Å². The standard InChI is InChI=1S/C19H31N5O3/c1-4-21-19(22-12-14-5-6-17(27-3)16(25)11-14)23-15-7-9-24(10-8-15)13-18(26)20-2/h5-6,11,15,25H,4,7-10,12-13H2,1-3H3,(H,20,26)(H2,21,22,23). The summed E-state index contributed by atoms with van der Waals surface area (Å²) in [7, 11) is 3.19. The molecule has 0 radical (unpaired) electrons. The van der Waals surface area contributed by atoms with Crippen molar-refractivity contribution >= 4 is 11.9 Å². The van der Waals surface area contributed by atoms with E-state index in [1.807, 2.05) is 13.0 Å². The first-order chi connectivity index (χ1) is 13.0. The van der Waals surface area contributed by atoms with Crippen LogP contribution in [-0.2, 0) is 11.3 Å². The molecule has 0 unspecified atom stereocenters. The molecule has 0 spiro atoms. The number of likely N-dealkylation sites (tertiary alicyclic amines) is 1. The van der Waals surface area contributed by atoms with Crippen molar-refractivity contribution in [1.29, 1.82) is 0 Å². The number of likely N-dealkylation sites (N-methyl/N-ethyl adjacent to an activating group) is 1. The Hall–Kier alpha value is -2.48. The van der Waals surface area contributed by atoms with Crippen LogP contribution in [0.4, 0.5) is 0 Å². The van der Waals surface area contributed by atoms with Gasteiger partial charge in [-0.15, -0.1) is 0 Å². The number of guanidine groups is 1. The van der Waals surface area contributed by atoms with Crippen LogP contribution in [-0.4, -0.2) is 68.3 Å². The normalized spacial score (nSPS) is 16.0. The van der Waals surface area contributed by atoms with E-state index >= 15 is 0 Å². The third-order valence-corrected chi connectivity index (χ3v) is 4.58. The van der Waals surface area contributed by atoms with E-state index in [1.165, 1.54) is 7.11 Å². The van der Waals surface area contributed by atoms with Crippen molar-refractivity contribution in [2.24, 2.45) is 4.99 Å². The van der Waals surface area contributed by atoms with Crippen molar-refractivity contribution in [3.8, 4) is 11.5 Å². The van der Waals surface area contributed by atoms with Crippen LogP contribution in [0.15, 0.2) is 23.2 Å². The fourth-order valence-electron chi connectivity index (χ4n) is 3.04. The first kappa shape index (κ1) is 20.8. The molecule has 4 N–H and O–H groups in total. The molecule has 0 aromatic heterocycles. The fraction of sp³-hybridized carbons (Fsp3) is 0.579. The molecule has 0 bridgehead atoms. The summed E-state index contributed by atoms with van der Waals surface area (Å²) in [6.07, 6.45) is 1.93. The molecule has 0 atom stereocenters. The minimum Gasteiger partial charge on any atom is -0.504 e. The molecular formula is C19H31N5O3. The monoisotopic (exact) mass is 377 g/mol. The van der Waals surface area contributed by atoms with Crippen LogP contribution in [0.5, 0.6) is 11.5 Å². The molecule has 0 aliphatic carbocycles. The van der Waals surface area contributed by atoms with Gasteiger partial charge in [0.2, 0.25) is 5.91 Å². The van der Waals surface area contributed by atoms with Gasteiger partial charge in [0.05, 0.1) is 20.2 Å². The maximum absolute atomic E-state index is 11.5. The highest BCUT2D eigenvalue weighted by Gasteiger charge is 2.21. The number of piperidine rings is 1. The van der Waals surface area contributed by atoms with Crippen molar-refractivity contribution in [1.82, 2.24) is 20.9 Å². The molecule has 1 fully saturated rings. The van der Waals surface area contributed by atoms with E-state index in [-0.39, 0.29) is 11.7 Å². The maximum atomic E-state index is 11.5. The van der Waals surface area contributed by atoms with Gasteiger partial charge >= 0.3 is 0 Å². The number of rotatable bonds is 7. The third-order valence-electron chi connectivity index (χ3n) is 4.58. The van der Waals surface area contributed by atoms with Crippen molar-refractivity contribution in [2.45, 2.75) is 32.4 Å². The summed E-state index contributed by atoms with van der Waals surface area (Å²) in [6, 6.07) is 5.63. The summed E-state index contributed by atoms with van der Waals surface area (Å²) in [5.41, 5.74) is 0.908. The summed E-state index contributed by atoms with van der Waals surface area (Å²) < 4.78 is 5.06. The molecule has 1 amide bonds. The molecule has 1 aromatic carbocycles. The second-order valence-electron chi connectivity index (χ2n) is 6.57. The van der Waals surface area contributed by atoms with E-state index in [4.69, 9.17) is 4.74 Å². The Kier molecular flexibility index (Phi) is 8.19. The largest absolute Gasteiger partial charge is 0.504 e. The zero-order chi connectivity index (χ0) is 19.6. The van der Waals surface area contributed by atoms with E-state index in [1.54, 1.807) is 19.2 Å². The molecular weight excluding hydrogens is 346 g/mol. The van der Waals surface area contributed by atoms with Crippen LogP contribution in [0.2, 0.25) is 0 Å². The highest BCUT2D eigenvalue weighted by atomic mass is 16.5. The number of phenolic OH excluding ortho intramolecular Hbond substituents is 1. The van der Waals surface area contributed by atoms with E-state index in [0.29, 0.717) is 24.9 Å². The minimum absolute atomic E-state index is 0.0547. The summed E-state index contributed by atoms with van der Waals surface area (Å²) in [4.78, 5) is 18.3. The molecule has 2 rings (SSSR count). The first-order valence-corrected chi connectivity index (χ1v) is 9.39. The van der Waals surface area contributed by atoms with Gasteiger partial charge < -0.3 is 25.8 Å². The quantitative estimate of drug-likeness (QED) is 0.412. The lowest BCUT2D eigenvalue weighted by Gasteiger charge is -2.32. The molecule has 27 heavy (non-hydrogen) atoms. The number of benzene rings is 1. The molecule has 1 aliphatic heterocycles. The van der Waals surface area contributed by atoms with Gasteiger partial charge in [0.1, 0.15) is 0 Å². The van der Waals surface area contributed by atoms with E-state index in [9.17, 15) is 9.90 Å². The summed E-state index contributed by atoms with van der Waals surface area (Å²) >= 11 is 0. The lowest BCUT2D eigenvalue weighted by molar-refractivity contribution is -0.122. The van der Waals surface area contributed by atoms with E-state index in [2.05, 4.69) is 25.8 Å². The fourth-order valence-corrected chi connectivity index (χ4v) is 3.04. The number of hydrogen-bond acceptors (Lipinski definition) is 5. The predicted octanol–water partition coefficient (Wildman–Crippen LogP) is 0.666. The Balaban J connectivity index is 1.89. The van der Waals surface area contributed by atoms with Crippen molar-refractivity contribution < 1.29 is 14.6 Å². The van der Waals surface area contributed by atoms with Crippen LogP contribution in [0.3, 0.4) is 0 Å². The molecule has 150 valence electrons. The smallest absolute Gasteiger partial charge is 0.233 e. The van der Waals surface area contributed by atoms with Crippen LogP contribution in [0.1, 0.15) is 25.3 Å². The molecule has 8 heteroatoms. The number of phenols is 1. The molecule has 1 saturated heterocycles. The number of nitrogens with zero attached hydrogens (tertiary/aromatic N) is 2. The topological polar surface area (TPSA) is 98.2 Å². The van der Waals surface area contributed by atoms with Crippen molar-refractivity contribution in [2.75, 3.05) is 40.3 Å². The van der Waals surface area contributed by atoms with Gasteiger partial charge in [-0.2, -0.15) is 0 Å². The predicted molar refractivity (Wildman–Crippen MR) is 106 cm³/mol. The molecule has 1 heterocycles. The third kappa shape index (κ3) is 6.63. The van der Waals surface area contributed by atoms with Gasteiger partial charge in [-0.25, -0.2) is 4.99 Å². The van der Waals surface area contributed by atoms with E-state index in [0.717, 1.165) is 44.0 Å². The Labute approximate surface area is 161 Å².